The van der Waals surface area contributed by atoms with Crippen LogP contribution in [0, 0.1) is 6.92 Å². The number of aryl methyl sites for hydroxylation is 1. The molecule has 0 atom stereocenters. The van der Waals surface area contributed by atoms with Crippen LogP contribution in [0.3, 0.4) is 0 Å². The molecule has 116 valence electrons. The molecule has 2 rings (SSSR count). The number of ether oxygens (including phenoxy) is 1. The topological polar surface area (TPSA) is 72.5 Å². The van der Waals surface area contributed by atoms with E-state index >= 15 is 0 Å². The van der Waals surface area contributed by atoms with Crippen LogP contribution in [0.1, 0.15) is 35.7 Å². The van der Waals surface area contributed by atoms with Crippen molar-refractivity contribution in [3.63, 3.8) is 0 Å². The molecule has 1 aromatic rings. The van der Waals surface area contributed by atoms with E-state index < -0.39 is 9.05 Å². The first kappa shape index (κ1) is 16.3. The van der Waals surface area contributed by atoms with Crippen molar-refractivity contribution in [2.75, 3.05) is 6.61 Å². The molecule has 0 unspecified atom stereocenters. The summed E-state index contributed by atoms with van der Waals surface area (Å²) in [4.78, 5) is 12.1. The molecule has 0 radical (unpaired) electrons. The Kier molecular flexibility index (Phi) is 4.91. The fourth-order valence-electron chi connectivity index (χ4n) is 2.33. The minimum Gasteiger partial charge on any atom is -0.378 e. The van der Waals surface area contributed by atoms with Gasteiger partial charge < -0.3 is 10.1 Å². The van der Waals surface area contributed by atoms with Gasteiger partial charge in [-0.1, -0.05) is 6.07 Å². The third-order valence-electron chi connectivity index (χ3n) is 3.55. The van der Waals surface area contributed by atoms with E-state index in [1.54, 1.807) is 19.1 Å². The van der Waals surface area contributed by atoms with Crippen LogP contribution in [-0.4, -0.2) is 33.1 Å². The van der Waals surface area contributed by atoms with Crippen molar-refractivity contribution in [1.29, 1.82) is 0 Å². The van der Waals surface area contributed by atoms with E-state index in [4.69, 9.17) is 15.4 Å². The molecule has 21 heavy (non-hydrogen) atoms. The number of benzene rings is 1. The van der Waals surface area contributed by atoms with Gasteiger partial charge >= 0.3 is 0 Å². The van der Waals surface area contributed by atoms with Gasteiger partial charge in [0.05, 0.1) is 11.0 Å². The summed E-state index contributed by atoms with van der Waals surface area (Å²) in [6.07, 6.45) is 1.77. The lowest BCUT2D eigenvalue weighted by Crippen LogP contribution is -2.47. The molecule has 1 aromatic carbocycles. The maximum Gasteiger partial charge on any atom is 0.261 e. The van der Waals surface area contributed by atoms with E-state index in [1.165, 1.54) is 6.07 Å². The SMILES string of the molecule is CCOC1CC(NC(=O)c2ccc(C)c(S(=O)(=O)Cl)c2)C1. The van der Waals surface area contributed by atoms with Gasteiger partial charge in [0.2, 0.25) is 0 Å². The van der Waals surface area contributed by atoms with Crippen LogP contribution in [0.5, 0.6) is 0 Å². The second kappa shape index (κ2) is 6.34. The Bertz CT molecular complexity index is 638. The highest BCUT2D eigenvalue weighted by Gasteiger charge is 2.31. The average Bonchev–Trinajstić information content (AvgIpc) is 2.35. The zero-order valence-corrected chi connectivity index (χ0v) is 13.5. The molecule has 1 amide bonds. The third kappa shape index (κ3) is 3.96. The van der Waals surface area contributed by atoms with Crippen molar-refractivity contribution in [2.24, 2.45) is 0 Å². The van der Waals surface area contributed by atoms with Gasteiger partial charge in [-0.05, 0) is 44.4 Å². The van der Waals surface area contributed by atoms with Crippen molar-refractivity contribution in [3.05, 3.63) is 29.3 Å². The van der Waals surface area contributed by atoms with Gasteiger partial charge in [0.25, 0.3) is 15.0 Å². The smallest absolute Gasteiger partial charge is 0.261 e. The van der Waals surface area contributed by atoms with Crippen molar-refractivity contribution in [1.82, 2.24) is 5.32 Å². The predicted octanol–water partition coefficient (Wildman–Crippen LogP) is 2.22. The average molecular weight is 332 g/mol. The van der Waals surface area contributed by atoms with Crippen LogP contribution >= 0.6 is 10.7 Å². The minimum absolute atomic E-state index is 0.0300. The van der Waals surface area contributed by atoms with Crippen molar-refractivity contribution in [3.8, 4) is 0 Å². The van der Waals surface area contributed by atoms with E-state index in [2.05, 4.69) is 5.32 Å². The van der Waals surface area contributed by atoms with Gasteiger partial charge in [-0.25, -0.2) is 8.42 Å². The summed E-state index contributed by atoms with van der Waals surface area (Å²) in [5.41, 5.74) is 0.807. The van der Waals surface area contributed by atoms with Gasteiger partial charge in [0, 0.05) is 28.9 Å². The van der Waals surface area contributed by atoms with Crippen LogP contribution in [0.4, 0.5) is 0 Å². The Hall–Kier alpha value is -1.11. The molecule has 0 aliphatic heterocycles. The maximum atomic E-state index is 12.1. The summed E-state index contributed by atoms with van der Waals surface area (Å²) < 4.78 is 28.3. The van der Waals surface area contributed by atoms with Gasteiger partial charge in [0.1, 0.15) is 0 Å². The standard InChI is InChI=1S/C14H18ClNO4S/c1-3-20-12-7-11(8-12)16-14(17)10-5-4-9(2)13(6-10)21(15,18)19/h4-6,11-12H,3,7-8H2,1-2H3,(H,16,17). The van der Waals surface area contributed by atoms with E-state index in [0.717, 1.165) is 12.8 Å². The number of carbonyl (C=O) groups excluding carboxylic acids is 1. The number of carbonyl (C=O) groups is 1. The zero-order valence-electron chi connectivity index (χ0n) is 11.9. The molecule has 0 bridgehead atoms. The highest BCUT2D eigenvalue weighted by Crippen LogP contribution is 2.24. The molecule has 0 spiro atoms. The molecule has 7 heteroatoms. The molecule has 0 aromatic heterocycles. The molecule has 0 heterocycles. The minimum atomic E-state index is -3.85. The van der Waals surface area contributed by atoms with Crippen LogP contribution in [-0.2, 0) is 13.8 Å². The Balaban J connectivity index is 2.04. The van der Waals surface area contributed by atoms with Crippen molar-refractivity contribution < 1.29 is 17.9 Å². The fourth-order valence-corrected chi connectivity index (χ4v) is 3.55. The number of nitrogens with one attached hydrogen (secondary N) is 1. The number of hydrogen-bond acceptors (Lipinski definition) is 4. The fraction of sp³-hybridized carbons (Fsp3) is 0.500. The van der Waals surface area contributed by atoms with Gasteiger partial charge in [-0.3, -0.25) is 4.79 Å². The second-order valence-electron chi connectivity index (χ2n) is 5.14. The number of rotatable bonds is 5. The lowest BCUT2D eigenvalue weighted by molar-refractivity contribution is -0.00862. The molecule has 0 saturated heterocycles. The quantitative estimate of drug-likeness (QED) is 0.840. The summed E-state index contributed by atoms with van der Waals surface area (Å²) in [5.74, 6) is -0.295. The monoisotopic (exact) mass is 331 g/mol. The Morgan fingerprint density at radius 1 is 1.43 bits per heavy atom. The number of amides is 1. The summed E-state index contributed by atoms with van der Waals surface area (Å²) >= 11 is 0. The molecule has 1 aliphatic rings. The Morgan fingerprint density at radius 3 is 2.67 bits per heavy atom. The van der Waals surface area contributed by atoms with E-state index in [9.17, 15) is 13.2 Å². The van der Waals surface area contributed by atoms with Crippen LogP contribution < -0.4 is 5.32 Å². The second-order valence-corrected chi connectivity index (χ2v) is 7.67. The third-order valence-corrected chi connectivity index (χ3v) is 5.01. The van der Waals surface area contributed by atoms with Crippen molar-refractivity contribution in [2.45, 2.75) is 43.7 Å². The lowest BCUT2D eigenvalue weighted by atomic mass is 9.89. The van der Waals surface area contributed by atoms with E-state index in [0.29, 0.717) is 17.7 Å². The molecule has 1 saturated carbocycles. The first-order chi connectivity index (χ1) is 9.81. The van der Waals surface area contributed by atoms with Gasteiger partial charge in [-0.2, -0.15) is 0 Å². The molecular weight excluding hydrogens is 314 g/mol. The lowest BCUT2D eigenvalue weighted by Gasteiger charge is -2.35. The molecule has 5 nitrogen and oxygen atoms in total. The summed E-state index contributed by atoms with van der Waals surface area (Å²) in [5, 5.41) is 2.86. The van der Waals surface area contributed by atoms with Gasteiger partial charge in [-0.15, -0.1) is 0 Å². The summed E-state index contributed by atoms with van der Waals surface area (Å²) in [7, 11) is 1.51. The normalized spacial score (nSPS) is 21.7. The van der Waals surface area contributed by atoms with Crippen LogP contribution in [0.15, 0.2) is 23.1 Å². The van der Waals surface area contributed by atoms with Crippen LogP contribution in [0.25, 0.3) is 0 Å². The van der Waals surface area contributed by atoms with Gasteiger partial charge in [0.15, 0.2) is 0 Å². The zero-order chi connectivity index (χ0) is 15.6. The predicted molar refractivity (Wildman–Crippen MR) is 80.1 cm³/mol. The number of hydrogen-bond donors (Lipinski definition) is 1. The molecule has 1 aliphatic carbocycles. The first-order valence-electron chi connectivity index (χ1n) is 6.79. The number of halogens is 1. The molecule has 1 N–H and O–H groups in total. The largest absolute Gasteiger partial charge is 0.378 e. The molecular formula is C14H18ClNO4S. The molecule has 1 fully saturated rings. The highest BCUT2D eigenvalue weighted by molar-refractivity contribution is 8.13. The van der Waals surface area contributed by atoms with E-state index in [1.807, 2.05) is 6.92 Å². The Labute approximate surface area is 129 Å². The highest BCUT2D eigenvalue weighted by atomic mass is 35.7. The van der Waals surface area contributed by atoms with Crippen LogP contribution in [0.2, 0.25) is 0 Å². The van der Waals surface area contributed by atoms with E-state index in [-0.39, 0.29) is 22.9 Å². The first-order valence-corrected chi connectivity index (χ1v) is 9.10. The van der Waals surface area contributed by atoms with Crippen molar-refractivity contribution >= 4 is 25.6 Å². The summed E-state index contributed by atoms with van der Waals surface area (Å²) in [6.45, 7) is 4.24. The maximum absolute atomic E-state index is 12.1. The summed E-state index contributed by atoms with van der Waals surface area (Å²) in [6, 6.07) is 4.56. The Morgan fingerprint density at radius 2 is 2.10 bits per heavy atom.